The summed E-state index contributed by atoms with van der Waals surface area (Å²) in [5, 5.41) is 11.5. The third-order valence-corrected chi connectivity index (χ3v) is 4.49. The molecule has 1 saturated heterocycles. The van der Waals surface area contributed by atoms with Crippen molar-refractivity contribution in [1.82, 2.24) is 10.2 Å². The van der Waals surface area contributed by atoms with Gasteiger partial charge in [-0.2, -0.15) is 0 Å². The van der Waals surface area contributed by atoms with Crippen LogP contribution in [0.15, 0.2) is 0 Å². The van der Waals surface area contributed by atoms with Gasteiger partial charge in [0.15, 0.2) is 0 Å². The molecular formula is C15H24N2O4. The van der Waals surface area contributed by atoms with Crippen LogP contribution in [0.4, 0.5) is 0 Å². The van der Waals surface area contributed by atoms with E-state index in [4.69, 9.17) is 5.11 Å². The summed E-state index contributed by atoms with van der Waals surface area (Å²) in [6.07, 6.45) is 2.97. The van der Waals surface area contributed by atoms with E-state index in [-0.39, 0.29) is 24.2 Å². The van der Waals surface area contributed by atoms with Crippen molar-refractivity contribution in [1.29, 1.82) is 0 Å². The van der Waals surface area contributed by atoms with Gasteiger partial charge >= 0.3 is 5.97 Å². The van der Waals surface area contributed by atoms with Crippen molar-refractivity contribution in [2.75, 3.05) is 19.6 Å². The number of hydrogen-bond acceptors (Lipinski definition) is 3. The van der Waals surface area contributed by atoms with Crippen LogP contribution >= 0.6 is 0 Å². The Morgan fingerprint density at radius 1 is 1.29 bits per heavy atom. The molecule has 1 aliphatic heterocycles. The van der Waals surface area contributed by atoms with Crippen molar-refractivity contribution in [3.63, 3.8) is 0 Å². The minimum Gasteiger partial charge on any atom is -0.481 e. The van der Waals surface area contributed by atoms with Gasteiger partial charge in [-0.05, 0) is 31.1 Å². The van der Waals surface area contributed by atoms with E-state index in [0.717, 1.165) is 12.8 Å². The molecule has 3 unspecified atom stereocenters. The molecular weight excluding hydrogens is 272 g/mol. The molecule has 1 saturated carbocycles. The van der Waals surface area contributed by atoms with Crippen LogP contribution in [0.2, 0.25) is 0 Å². The summed E-state index contributed by atoms with van der Waals surface area (Å²) in [6.45, 7) is 3.81. The highest BCUT2D eigenvalue weighted by molar-refractivity contribution is 5.82. The summed E-state index contributed by atoms with van der Waals surface area (Å²) in [4.78, 5) is 36.0. The Balaban J connectivity index is 1.60. The first-order valence-electron chi connectivity index (χ1n) is 7.74. The number of likely N-dealkylation sites (tertiary alicyclic amines) is 1. The van der Waals surface area contributed by atoms with Crippen molar-refractivity contribution in [2.24, 2.45) is 17.8 Å². The number of carbonyl (C=O) groups is 3. The van der Waals surface area contributed by atoms with Gasteiger partial charge in [0.25, 0.3) is 0 Å². The van der Waals surface area contributed by atoms with E-state index in [2.05, 4.69) is 12.2 Å². The van der Waals surface area contributed by atoms with Gasteiger partial charge in [0.2, 0.25) is 11.8 Å². The molecule has 2 N–H and O–H groups in total. The molecule has 0 radical (unpaired) electrons. The van der Waals surface area contributed by atoms with E-state index < -0.39 is 5.97 Å². The standard InChI is InChI=1S/C15H24N2O4/c1-10-8-12(10)15(21)16-6-4-13(18)17-7-5-11(9-17)2-3-14(19)20/h10-12H,2-9H2,1H3,(H,16,21)(H,19,20). The summed E-state index contributed by atoms with van der Waals surface area (Å²) >= 11 is 0. The number of rotatable bonds is 7. The second-order valence-corrected chi connectivity index (χ2v) is 6.29. The SMILES string of the molecule is CC1CC1C(=O)NCCC(=O)N1CCC(CCC(=O)O)C1. The zero-order valence-corrected chi connectivity index (χ0v) is 12.5. The maximum Gasteiger partial charge on any atom is 0.303 e. The van der Waals surface area contributed by atoms with Gasteiger partial charge < -0.3 is 15.3 Å². The van der Waals surface area contributed by atoms with Crippen molar-refractivity contribution in [3.05, 3.63) is 0 Å². The monoisotopic (exact) mass is 296 g/mol. The Morgan fingerprint density at radius 2 is 2.00 bits per heavy atom. The fourth-order valence-corrected chi connectivity index (χ4v) is 2.89. The molecule has 0 aromatic rings. The molecule has 3 atom stereocenters. The molecule has 2 fully saturated rings. The van der Waals surface area contributed by atoms with Gasteiger partial charge in [-0.15, -0.1) is 0 Å². The lowest BCUT2D eigenvalue weighted by molar-refractivity contribution is -0.137. The molecule has 0 bridgehead atoms. The summed E-state index contributed by atoms with van der Waals surface area (Å²) in [7, 11) is 0. The van der Waals surface area contributed by atoms with Crippen LogP contribution in [0.5, 0.6) is 0 Å². The number of aliphatic carboxylic acids is 1. The van der Waals surface area contributed by atoms with Crippen molar-refractivity contribution >= 4 is 17.8 Å². The molecule has 118 valence electrons. The lowest BCUT2D eigenvalue weighted by Gasteiger charge is -2.16. The average molecular weight is 296 g/mol. The third-order valence-electron chi connectivity index (χ3n) is 4.49. The van der Waals surface area contributed by atoms with Crippen LogP contribution in [0, 0.1) is 17.8 Å². The van der Waals surface area contributed by atoms with E-state index in [1.807, 2.05) is 0 Å². The minimum atomic E-state index is -0.781. The summed E-state index contributed by atoms with van der Waals surface area (Å²) in [6, 6.07) is 0. The van der Waals surface area contributed by atoms with Gasteiger partial charge in [0.1, 0.15) is 0 Å². The van der Waals surface area contributed by atoms with E-state index in [9.17, 15) is 14.4 Å². The van der Waals surface area contributed by atoms with Crippen LogP contribution in [0.1, 0.15) is 39.0 Å². The topological polar surface area (TPSA) is 86.7 Å². The van der Waals surface area contributed by atoms with E-state index in [1.165, 1.54) is 0 Å². The molecule has 2 rings (SSSR count). The number of carbonyl (C=O) groups excluding carboxylic acids is 2. The Morgan fingerprint density at radius 3 is 2.62 bits per heavy atom. The number of nitrogens with zero attached hydrogens (tertiary/aromatic N) is 1. The van der Waals surface area contributed by atoms with Gasteiger partial charge in [-0.3, -0.25) is 14.4 Å². The maximum absolute atomic E-state index is 12.0. The summed E-state index contributed by atoms with van der Waals surface area (Å²) < 4.78 is 0. The fourth-order valence-electron chi connectivity index (χ4n) is 2.89. The van der Waals surface area contributed by atoms with E-state index in [1.54, 1.807) is 4.90 Å². The Labute approximate surface area is 124 Å². The molecule has 0 aromatic heterocycles. The van der Waals surface area contributed by atoms with Gasteiger partial charge in [-0.25, -0.2) is 0 Å². The van der Waals surface area contributed by atoms with Crippen LogP contribution in [0.3, 0.4) is 0 Å². The molecule has 0 aromatic carbocycles. The molecule has 1 heterocycles. The predicted molar refractivity (Wildman–Crippen MR) is 76.5 cm³/mol. The first-order valence-corrected chi connectivity index (χ1v) is 7.74. The zero-order chi connectivity index (χ0) is 15.4. The average Bonchev–Trinajstić information content (AvgIpc) is 2.99. The second kappa shape index (κ2) is 6.91. The predicted octanol–water partition coefficient (Wildman–Crippen LogP) is 0.862. The Kier molecular flexibility index (Phi) is 5.20. The number of carboxylic acids is 1. The first-order chi connectivity index (χ1) is 9.97. The number of carboxylic acid groups (broad SMARTS) is 1. The molecule has 6 heteroatoms. The summed E-state index contributed by atoms with van der Waals surface area (Å²) in [5.74, 6) is 0.262. The number of nitrogens with one attached hydrogen (secondary N) is 1. The molecule has 21 heavy (non-hydrogen) atoms. The molecule has 2 aliphatic rings. The molecule has 6 nitrogen and oxygen atoms in total. The van der Waals surface area contributed by atoms with Crippen LogP contribution in [0.25, 0.3) is 0 Å². The lowest BCUT2D eigenvalue weighted by atomic mass is 10.0. The highest BCUT2D eigenvalue weighted by Crippen LogP contribution is 2.37. The smallest absolute Gasteiger partial charge is 0.303 e. The third kappa shape index (κ3) is 4.72. The quantitative estimate of drug-likeness (QED) is 0.729. The minimum absolute atomic E-state index is 0.0528. The number of hydrogen-bond donors (Lipinski definition) is 2. The second-order valence-electron chi connectivity index (χ2n) is 6.29. The van der Waals surface area contributed by atoms with Crippen LogP contribution < -0.4 is 5.32 Å². The Hall–Kier alpha value is -1.59. The largest absolute Gasteiger partial charge is 0.481 e. The highest BCUT2D eigenvalue weighted by atomic mass is 16.4. The summed E-state index contributed by atoms with van der Waals surface area (Å²) in [5.41, 5.74) is 0. The zero-order valence-electron chi connectivity index (χ0n) is 12.5. The van der Waals surface area contributed by atoms with Crippen molar-refractivity contribution in [2.45, 2.75) is 39.0 Å². The van der Waals surface area contributed by atoms with Gasteiger partial charge in [0, 0.05) is 38.4 Å². The number of amides is 2. The fraction of sp³-hybridized carbons (Fsp3) is 0.800. The van der Waals surface area contributed by atoms with E-state index in [0.29, 0.717) is 44.3 Å². The van der Waals surface area contributed by atoms with Crippen molar-refractivity contribution in [3.8, 4) is 0 Å². The lowest BCUT2D eigenvalue weighted by Crippen LogP contribution is -2.33. The van der Waals surface area contributed by atoms with Crippen molar-refractivity contribution < 1.29 is 19.5 Å². The van der Waals surface area contributed by atoms with Gasteiger partial charge in [-0.1, -0.05) is 6.92 Å². The molecule has 0 spiro atoms. The molecule has 1 aliphatic carbocycles. The van der Waals surface area contributed by atoms with Crippen LogP contribution in [-0.4, -0.2) is 47.4 Å². The van der Waals surface area contributed by atoms with Gasteiger partial charge in [0.05, 0.1) is 0 Å². The highest BCUT2D eigenvalue weighted by Gasteiger charge is 2.38. The normalized spacial score (nSPS) is 27.5. The maximum atomic E-state index is 12.0. The molecule has 2 amide bonds. The van der Waals surface area contributed by atoms with E-state index >= 15 is 0 Å². The Bertz CT molecular complexity index is 424. The van der Waals surface area contributed by atoms with Crippen LogP contribution in [-0.2, 0) is 14.4 Å². The first kappa shape index (κ1) is 15.8.